The summed E-state index contributed by atoms with van der Waals surface area (Å²) >= 11 is 0. The van der Waals surface area contributed by atoms with E-state index in [0.29, 0.717) is 28.4 Å². The number of nitrogens with zero attached hydrogens (tertiary/aromatic N) is 2. The molecule has 0 saturated carbocycles. The summed E-state index contributed by atoms with van der Waals surface area (Å²) in [6.45, 7) is 3.87. The Bertz CT molecular complexity index is 2960. The molecule has 0 unspecified atom stereocenters. The molecule has 0 aromatic heterocycles. The maximum absolute atomic E-state index is 14.2. The first-order chi connectivity index (χ1) is 29.5. The molecule has 0 heterocycles. The normalized spacial score (nSPS) is 12.9. The van der Waals surface area contributed by atoms with Crippen molar-refractivity contribution in [2.45, 2.75) is 24.8 Å². The molecular weight excluding hydrogens is 790 g/mol. The van der Waals surface area contributed by atoms with Crippen LogP contribution in [0.3, 0.4) is 0 Å². The molecule has 0 aliphatic heterocycles. The number of rotatable bonds is 10. The minimum atomic E-state index is -6.12. The first-order valence-electron chi connectivity index (χ1n) is 19.7. The van der Waals surface area contributed by atoms with Crippen LogP contribution in [0.25, 0.3) is 11.1 Å². The molecule has 61 heavy (non-hydrogen) atoms. The molecule has 8 aromatic carbocycles. The smallest absolute Gasteiger partial charge is 0.374 e. The largest absolute Gasteiger partial charge is 0.534 e. The van der Waals surface area contributed by atoms with Crippen LogP contribution >= 0.6 is 0 Å². The van der Waals surface area contributed by atoms with Crippen molar-refractivity contribution >= 4 is 44.2 Å². The Hall–Kier alpha value is -7.10. The van der Waals surface area contributed by atoms with E-state index in [1.54, 1.807) is 41.3 Å². The van der Waals surface area contributed by atoms with E-state index < -0.39 is 26.8 Å². The fraction of sp³-hybridized carbons (Fsp3) is 0.0769. The molecule has 0 amide bonds. The Balaban J connectivity index is 1.31. The fourth-order valence-corrected chi connectivity index (χ4v) is 9.08. The molecule has 0 bridgehead atoms. The maximum Gasteiger partial charge on any atom is 0.534 e. The lowest BCUT2D eigenvalue weighted by molar-refractivity contribution is -0.0499. The lowest BCUT2D eigenvalue weighted by atomic mass is 9.67. The summed E-state index contributed by atoms with van der Waals surface area (Å²) in [4.78, 5) is 3.61. The van der Waals surface area contributed by atoms with Crippen molar-refractivity contribution in [3.63, 3.8) is 0 Å². The molecule has 0 spiro atoms. The Morgan fingerprint density at radius 2 is 0.934 bits per heavy atom. The third-order valence-corrected chi connectivity index (χ3v) is 12.1. The highest BCUT2D eigenvalue weighted by Gasteiger charge is 2.49. The van der Waals surface area contributed by atoms with Crippen LogP contribution < -0.4 is 14.0 Å². The van der Waals surface area contributed by atoms with E-state index in [9.17, 15) is 21.6 Å². The first-order valence-corrected chi connectivity index (χ1v) is 21.2. The second-order valence-corrected chi connectivity index (χ2v) is 16.6. The molecular formula is C52H39F3N2O3S. The summed E-state index contributed by atoms with van der Waals surface area (Å²) < 4.78 is 73.9. The van der Waals surface area contributed by atoms with Crippen molar-refractivity contribution in [3.05, 3.63) is 234 Å². The number of para-hydroxylation sites is 1. The molecule has 9 rings (SSSR count). The van der Waals surface area contributed by atoms with Gasteiger partial charge in [-0.25, -0.2) is 0 Å². The zero-order valence-corrected chi connectivity index (χ0v) is 34.0. The van der Waals surface area contributed by atoms with E-state index in [2.05, 4.69) is 54.6 Å². The number of alkyl halides is 3. The molecule has 0 N–H and O–H groups in total. The number of anilines is 6. The van der Waals surface area contributed by atoms with Gasteiger partial charge >= 0.3 is 15.6 Å². The van der Waals surface area contributed by atoms with Gasteiger partial charge in [0.25, 0.3) is 0 Å². The molecule has 1 aliphatic carbocycles. The zero-order valence-electron chi connectivity index (χ0n) is 33.2. The topological polar surface area (TPSA) is 49.9 Å². The summed E-state index contributed by atoms with van der Waals surface area (Å²) in [6, 6.07) is 64.3. The Labute approximate surface area is 353 Å². The maximum atomic E-state index is 14.2. The highest BCUT2D eigenvalue weighted by atomic mass is 32.2. The van der Waals surface area contributed by atoms with Crippen LogP contribution in [-0.2, 0) is 15.5 Å². The van der Waals surface area contributed by atoms with E-state index in [1.807, 2.05) is 122 Å². The predicted molar refractivity (Wildman–Crippen MR) is 238 cm³/mol. The number of benzene rings is 8. The van der Waals surface area contributed by atoms with Crippen molar-refractivity contribution in [3.8, 4) is 16.9 Å². The van der Waals surface area contributed by atoms with Gasteiger partial charge in [0.05, 0.1) is 16.8 Å². The van der Waals surface area contributed by atoms with Crippen molar-refractivity contribution in [2.75, 3.05) is 9.80 Å². The molecule has 1 aliphatic rings. The standard InChI is InChI=1S/C52H39F3N2O3S/c1-36-16-14-24-41(32-36)56(43-28-30-46-45-26-12-13-27-47(45)51(48(46)34-43,38-18-6-3-7-19-38)39-20-8-4-9-21-39)44-29-31-49(50(35-44)60-61(58,59)52(53,54)55)57(40-22-10-5-11-23-40)42-25-15-17-37(2)33-42/h3-35H,1-2H3. The number of fused-ring (bicyclic) bond motifs is 3. The van der Waals surface area contributed by atoms with Crippen LogP contribution in [0, 0.1) is 13.8 Å². The van der Waals surface area contributed by atoms with E-state index in [0.717, 1.165) is 44.5 Å². The van der Waals surface area contributed by atoms with Gasteiger partial charge < -0.3 is 14.0 Å². The van der Waals surface area contributed by atoms with Crippen LogP contribution in [0.1, 0.15) is 33.4 Å². The second kappa shape index (κ2) is 15.5. The third kappa shape index (κ3) is 7.00. The van der Waals surface area contributed by atoms with Gasteiger partial charge in [0.15, 0.2) is 5.75 Å². The van der Waals surface area contributed by atoms with Gasteiger partial charge in [0.2, 0.25) is 0 Å². The minimum absolute atomic E-state index is 0.0918. The Kier molecular flexibility index (Phi) is 10.00. The van der Waals surface area contributed by atoms with Crippen LogP contribution in [0.4, 0.5) is 47.3 Å². The lowest BCUT2D eigenvalue weighted by Gasteiger charge is -2.35. The van der Waals surface area contributed by atoms with Gasteiger partial charge in [-0.05, 0) is 119 Å². The molecule has 0 radical (unpaired) electrons. The number of halogens is 3. The number of aryl methyl sites for hydroxylation is 2. The summed E-state index contributed by atoms with van der Waals surface area (Å²) in [7, 11) is -6.12. The summed E-state index contributed by atoms with van der Waals surface area (Å²) in [6.07, 6.45) is 0. The van der Waals surface area contributed by atoms with Gasteiger partial charge in [-0.15, -0.1) is 0 Å². The number of hydrogen-bond acceptors (Lipinski definition) is 5. The summed E-state index contributed by atoms with van der Waals surface area (Å²) in [5, 5.41) is 0. The Morgan fingerprint density at radius 3 is 1.52 bits per heavy atom. The molecule has 0 atom stereocenters. The predicted octanol–water partition coefficient (Wildman–Crippen LogP) is 13.8. The molecule has 9 heteroatoms. The molecule has 8 aromatic rings. The van der Waals surface area contributed by atoms with Crippen LogP contribution in [0.15, 0.2) is 200 Å². The van der Waals surface area contributed by atoms with Gasteiger partial charge in [-0.2, -0.15) is 21.6 Å². The average Bonchev–Trinajstić information content (AvgIpc) is 3.55. The second-order valence-electron chi connectivity index (χ2n) is 15.1. The van der Waals surface area contributed by atoms with Gasteiger partial charge in [0, 0.05) is 28.8 Å². The average molecular weight is 829 g/mol. The van der Waals surface area contributed by atoms with Crippen molar-refractivity contribution < 1.29 is 25.8 Å². The molecule has 0 saturated heterocycles. The van der Waals surface area contributed by atoms with Crippen molar-refractivity contribution in [1.29, 1.82) is 0 Å². The first kappa shape index (κ1) is 39.4. The number of hydrogen-bond donors (Lipinski definition) is 0. The highest BCUT2D eigenvalue weighted by Crippen LogP contribution is 2.57. The molecule has 302 valence electrons. The Morgan fingerprint density at radius 1 is 0.459 bits per heavy atom. The van der Waals surface area contributed by atoms with Crippen LogP contribution in [0.2, 0.25) is 0 Å². The van der Waals surface area contributed by atoms with E-state index >= 15 is 0 Å². The molecule has 0 fully saturated rings. The van der Waals surface area contributed by atoms with E-state index in [4.69, 9.17) is 4.18 Å². The SMILES string of the molecule is Cc1cccc(N(c2ccc(N(c3ccccc3)c3cccc(C)c3)c(OS(=O)(=O)C(F)(F)F)c2)c2ccc3c(c2)C(c2ccccc2)(c2ccccc2)c2ccccc2-3)c1. The lowest BCUT2D eigenvalue weighted by Crippen LogP contribution is -2.29. The van der Waals surface area contributed by atoms with E-state index in [1.165, 1.54) is 6.07 Å². The summed E-state index contributed by atoms with van der Waals surface area (Å²) in [5.74, 6) is -0.505. The van der Waals surface area contributed by atoms with Gasteiger partial charge in [-0.1, -0.05) is 133 Å². The van der Waals surface area contributed by atoms with Crippen molar-refractivity contribution in [1.82, 2.24) is 0 Å². The fourth-order valence-electron chi connectivity index (χ4n) is 8.62. The summed E-state index contributed by atoms with van der Waals surface area (Å²) in [5.41, 5.74) is 4.89. The van der Waals surface area contributed by atoms with Crippen LogP contribution in [-0.4, -0.2) is 13.9 Å². The third-order valence-electron chi connectivity index (χ3n) is 11.2. The van der Waals surface area contributed by atoms with E-state index in [-0.39, 0.29) is 5.69 Å². The minimum Gasteiger partial charge on any atom is -0.374 e. The van der Waals surface area contributed by atoms with Gasteiger partial charge in [0.1, 0.15) is 0 Å². The molecule has 5 nitrogen and oxygen atoms in total. The highest BCUT2D eigenvalue weighted by molar-refractivity contribution is 7.88. The zero-order chi connectivity index (χ0) is 42.4. The van der Waals surface area contributed by atoms with Gasteiger partial charge in [-0.3, -0.25) is 0 Å². The monoisotopic (exact) mass is 828 g/mol. The van der Waals surface area contributed by atoms with Crippen molar-refractivity contribution in [2.24, 2.45) is 0 Å². The van der Waals surface area contributed by atoms with Crippen LogP contribution in [0.5, 0.6) is 5.75 Å². The quantitative estimate of drug-likeness (QED) is 0.102.